The van der Waals surface area contributed by atoms with E-state index in [1.165, 1.54) is 12.1 Å². The minimum absolute atomic E-state index is 0.342. The third kappa shape index (κ3) is 1.93. The molecule has 0 aliphatic heterocycles. The van der Waals surface area contributed by atoms with Crippen LogP contribution >= 0.6 is 11.6 Å². The summed E-state index contributed by atoms with van der Waals surface area (Å²) in [6.45, 7) is 0. The van der Waals surface area contributed by atoms with Crippen molar-refractivity contribution in [2.45, 2.75) is 0 Å². The number of aromatic nitrogens is 2. The Labute approximate surface area is 119 Å². The zero-order chi connectivity index (χ0) is 14.3. The number of hydrogen-bond donors (Lipinski definition) is 0. The monoisotopic (exact) mass is 285 g/mol. The molecule has 0 aliphatic carbocycles. The molecule has 0 atom stereocenters. The van der Waals surface area contributed by atoms with Gasteiger partial charge in [-0.1, -0.05) is 11.6 Å². The summed E-state index contributed by atoms with van der Waals surface area (Å²) in [5.41, 5.74) is 2.37. The maximum absolute atomic E-state index is 13.9. The lowest BCUT2D eigenvalue weighted by molar-refractivity contribution is 0.629. The van der Waals surface area contributed by atoms with Gasteiger partial charge in [-0.2, -0.15) is 5.26 Å². The van der Waals surface area contributed by atoms with E-state index in [1.54, 1.807) is 35.9 Å². The fourth-order valence-electron chi connectivity index (χ4n) is 2.17. The normalized spacial score (nSPS) is 10.7. The van der Waals surface area contributed by atoms with E-state index in [1.807, 2.05) is 0 Å². The van der Waals surface area contributed by atoms with E-state index in [9.17, 15) is 4.39 Å². The molecular formula is C15H9ClFN3. The molecule has 0 unspecified atom stereocenters. The van der Waals surface area contributed by atoms with E-state index >= 15 is 0 Å². The fraction of sp³-hybridized carbons (Fsp3) is 0.0667. The Bertz CT molecular complexity index is 861. The van der Waals surface area contributed by atoms with Crippen LogP contribution in [-0.4, -0.2) is 9.55 Å². The second kappa shape index (κ2) is 4.62. The summed E-state index contributed by atoms with van der Waals surface area (Å²) in [7, 11) is 1.78. The molecule has 0 saturated carbocycles. The van der Waals surface area contributed by atoms with Crippen molar-refractivity contribution in [2.75, 3.05) is 0 Å². The number of nitriles is 1. The minimum atomic E-state index is -0.381. The summed E-state index contributed by atoms with van der Waals surface area (Å²) in [6, 6.07) is 11.6. The quantitative estimate of drug-likeness (QED) is 0.680. The van der Waals surface area contributed by atoms with Crippen LogP contribution in [0.1, 0.15) is 5.56 Å². The number of rotatable bonds is 1. The van der Waals surface area contributed by atoms with Crippen LogP contribution in [0.4, 0.5) is 4.39 Å². The van der Waals surface area contributed by atoms with Crippen LogP contribution in [0.15, 0.2) is 36.4 Å². The van der Waals surface area contributed by atoms with Gasteiger partial charge in [0.05, 0.1) is 28.2 Å². The van der Waals surface area contributed by atoms with Crippen LogP contribution in [0.25, 0.3) is 22.4 Å². The maximum atomic E-state index is 13.9. The van der Waals surface area contributed by atoms with Crippen LogP contribution < -0.4 is 0 Å². The van der Waals surface area contributed by atoms with Crippen molar-refractivity contribution in [3.05, 3.63) is 52.8 Å². The molecule has 20 heavy (non-hydrogen) atoms. The molecular weight excluding hydrogens is 277 g/mol. The molecule has 0 amide bonds. The van der Waals surface area contributed by atoms with Gasteiger partial charge in [-0.3, -0.25) is 0 Å². The van der Waals surface area contributed by atoms with Crippen LogP contribution in [0.5, 0.6) is 0 Å². The standard InChI is InChI=1S/C15H9ClFN3/c1-20-14-6-9(8-18)2-5-13(14)19-15(20)11-7-10(16)3-4-12(11)17/h2-7H,1H3. The first-order valence-electron chi connectivity index (χ1n) is 5.92. The van der Waals surface area contributed by atoms with E-state index in [0.29, 0.717) is 27.5 Å². The molecule has 0 fully saturated rings. The summed E-state index contributed by atoms with van der Waals surface area (Å²) in [5.74, 6) is 0.100. The van der Waals surface area contributed by atoms with Gasteiger partial charge in [0.25, 0.3) is 0 Å². The number of nitrogens with zero attached hydrogens (tertiary/aromatic N) is 3. The lowest BCUT2D eigenvalue weighted by Gasteiger charge is -2.04. The highest BCUT2D eigenvalue weighted by Gasteiger charge is 2.14. The Morgan fingerprint density at radius 2 is 2.05 bits per heavy atom. The van der Waals surface area contributed by atoms with Crippen molar-refractivity contribution >= 4 is 22.6 Å². The van der Waals surface area contributed by atoms with E-state index in [-0.39, 0.29) is 5.82 Å². The first kappa shape index (κ1) is 12.6. The van der Waals surface area contributed by atoms with Gasteiger partial charge in [-0.05, 0) is 36.4 Å². The van der Waals surface area contributed by atoms with E-state index in [2.05, 4.69) is 11.1 Å². The van der Waals surface area contributed by atoms with Crippen molar-refractivity contribution in [3.8, 4) is 17.5 Å². The maximum Gasteiger partial charge on any atom is 0.143 e. The molecule has 1 aromatic heterocycles. The smallest absolute Gasteiger partial charge is 0.143 e. The predicted octanol–water partition coefficient (Wildman–Crippen LogP) is 3.90. The highest BCUT2D eigenvalue weighted by atomic mass is 35.5. The third-order valence-corrected chi connectivity index (χ3v) is 3.41. The summed E-state index contributed by atoms with van der Waals surface area (Å²) in [6.07, 6.45) is 0. The molecule has 0 N–H and O–H groups in total. The van der Waals surface area contributed by atoms with Gasteiger partial charge >= 0.3 is 0 Å². The van der Waals surface area contributed by atoms with Gasteiger partial charge in [-0.25, -0.2) is 9.37 Å². The topological polar surface area (TPSA) is 41.6 Å². The van der Waals surface area contributed by atoms with E-state index < -0.39 is 0 Å². The van der Waals surface area contributed by atoms with Crippen molar-refractivity contribution in [3.63, 3.8) is 0 Å². The minimum Gasteiger partial charge on any atom is -0.327 e. The van der Waals surface area contributed by atoms with Gasteiger partial charge in [0.2, 0.25) is 0 Å². The zero-order valence-corrected chi connectivity index (χ0v) is 11.3. The number of halogens is 2. The largest absolute Gasteiger partial charge is 0.327 e. The van der Waals surface area contributed by atoms with Crippen LogP contribution in [0, 0.1) is 17.1 Å². The molecule has 2 aromatic carbocycles. The van der Waals surface area contributed by atoms with Crippen LogP contribution in [0.3, 0.4) is 0 Å². The second-order valence-electron chi connectivity index (χ2n) is 4.43. The number of aryl methyl sites for hydroxylation is 1. The van der Waals surface area contributed by atoms with Gasteiger partial charge in [0.1, 0.15) is 11.6 Å². The average molecular weight is 286 g/mol. The summed E-state index contributed by atoms with van der Waals surface area (Å²) in [4.78, 5) is 4.41. The van der Waals surface area contributed by atoms with Crippen molar-refractivity contribution in [1.82, 2.24) is 9.55 Å². The van der Waals surface area contributed by atoms with Gasteiger partial charge in [0, 0.05) is 12.1 Å². The predicted molar refractivity (Wildman–Crippen MR) is 75.8 cm³/mol. The molecule has 0 spiro atoms. The van der Waals surface area contributed by atoms with Crippen molar-refractivity contribution < 1.29 is 4.39 Å². The van der Waals surface area contributed by atoms with E-state index in [0.717, 1.165) is 5.52 Å². The molecule has 1 heterocycles. The Balaban J connectivity index is 2.30. The molecule has 3 aromatic rings. The van der Waals surface area contributed by atoms with Gasteiger partial charge in [0.15, 0.2) is 0 Å². The molecule has 0 saturated heterocycles. The lowest BCUT2D eigenvalue weighted by Crippen LogP contribution is -1.95. The highest BCUT2D eigenvalue weighted by Crippen LogP contribution is 2.28. The Morgan fingerprint density at radius 1 is 1.25 bits per heavy atom. The molecule has 98 valence electrons. The number of benzene rings is 2. The lowest BCUT2D eigenvalue weighted by atomic mass is 10.2. The van der Waals surface area contributed by atoms with Crippen molar-refractivity contribution in [1.29, 1.82) is 5.26 Å². The molecule has 0 bridgehead atoms. The molecule has 0 aliphatic rings. The van der Waals surface area contributed by atoms with Gasteiger partial charge in [-0.15, -0.1) is 0 Å². The number of hydrogen-bond acceptors (Lipinski definition) is 2. The first-order valence-corrected chi connectivity index (χ1v) is 6.30. The Kier molecular flexibility index (Phi) is 2.92. The van der Waals surface area contributed by atoms with Crippen molar-refractivity contribution in [2.24, 2.45) is 7.05 Å². The third-order valence-electron chi connectivity index (χ3n) is 3.18. The molecule has 5 heteroatoms. The fourth-order valence-corrected chi connectivity index (χ4v) is 2.34. The van der Waals surface area contributed by atoms with E-state index in [4.69, 9.17) is 16.9 Å². The number of imidazole rings is 1. The number of fused-ring (bicyclic) bond motifs is 1. The zero-order valence-electron chi connectivity index (χ0n) is 10.6. The summed E-state index contributed by atoms with van der Waals surface area (Å²) < 4.78 is 15.7. The average Bonchev–Trinajstić information content (AvgIpc) is 2.78. The Morgan fingerprint density at radius 3 is 2.80 bits per heavy atom. The van der Waals surface area contributed by atoms with Gasteiger partial charge < -0.3 is 4.57 Å². The van der Waals surface area contributed by atoms with Crippen LogP contribution in [-0.2, 0) is 7.05 Å². The summed E-state index contributed by atoms with van der Waals surface area (Å²) in [5, 5.41) is 9.39. The molecule has 3 rings (SSSR count). The first-order chi connectivity index (χ1) is 9.60. The Hall–Kier alpha value is -2.38. The SMILES string of the molecule is Cn1c(-c2cc(Cl)ccc2F)nc2ccc(C#N)cc21. The highest BCUT2D eigenvalue weighted by molar-refractivity contribution is 6.30. The summed E-state index contributed by atoms with van der Waals surface area (Å²) >= 11 is 5.92. The van der Waals surface area contributed by atoms with Crippen LogP contribution in [0.2, 0.25) is 5.02 Å². The molecule has 3 nitrogen and oxygen atoms in total. The molecule has 0 radical (unpaired) electrons. The second-order valence-corrected chi connectivity index (χ2v) is 4.87.